The second-order valence-electron chi connectivity index (χ2n) is 4.54. The quantitative estimate of drug-likeness (QED) is 0.171. The summed E-state index contributed by atoms with van der Waals surface area (Å²) in [6.45, 7) is 3.01. The van der Waals surface area contributed by atoms with Gasteiger partial charge in [0.2, 0.25) is 0 Å². The number of nitrogens with zero attached hydrogens (tertiary/aromatic N) is 1. The fraction of sp³-hybridized carbons (Fsp3) is 0.467. The molecule has 10 nitrogen and oxygen atoms in total. The van der Waals surface area contributed by atoms with Crippen LogP contribution in [0.2, 0.25) is 0 Å². The number of methoxy groups -OCH3 is 2. The van der Waals surface area contributed by atoms with Gasteiger partial charge in [-0.15, -0.1) is 0 Å². The molecule has 0 saturated heterocycles. The summed E-state index contributed by atoms with van der Waals surface area (Å²) in [7, 11) is 2.16. The summed E-state index contributed by atoms with van der Waals surface area (Å²) in [5.41, 5.74) is -3.05. The molecule has 0 aliphatic heterocycles. The lowest BCUT2D eigenvalue weighted by atomic mass is 10.1. The topological polar surface area (TPSA) is 127 Å². The number of ether oxygens (including phenoxy) is 4. The number of hydrogen-bond acceptors (Lipinski definition) is 9. The van der Waals surface area contributed by atoms with E-state index in [0.29, 0.717) is 0 Å². The molecule has 0 radical (unpaired) electrons. The molecule has 0 fully saturated rings. The lowest BCUT2D eigenvalue weighted by Gasteiger charge is -2.29. The van der Waals surface area contributed by atoms with Gasteiger partial charge in [-0.1, -0.05) is 0 Å². The molecule has 0 unspecified atom stereocenters. The minimum atomic E-state index is -2.40. The van der Waals surface area contributed by atoms with E-state index in [1.54, 1.807) is 0 Å². The Bertz CT molecular complexity index is 628. The van der Waals surface area contributed by atoms with Gasteiger partial charge < -0.3 is 29.5 Å². The first-order chi connectivity index (χ1) is 11.9. The van der Waals surface area contributed by atoms with Crippen molar-refractivity contribution in [3.8, 4) is 0 Å². The molecule has 0 atom stereocenters. The molecule has 1 rings (SSSR count). The van der Waals surface area contributed by atoms with Crippen LogP contribution in [0.25, 0.3) is 0 Å². The van der Waals surface area contributed by atoms with Gasteiger partial charge in [-0.3, -0.25) is 0 Å². The van der Waals surface area contributed by atoms with Crippen molar-refractivity contribution in [2.75, 3.05) is 32.8 Å². The van der Waals surface area contributed by atoms with E-state index in [2.05, 4.69) is 10.1 Å². The lowest BCUT2D eigenvalue weighted by molar-refractivity contribution is -0.607. The molecule has 1 aromatic heterocycles. The van der Waals surface area contributed by atoms with Crippen LogP contribution in [0.15, 0.2) is 18.3 Å². The molecule has 0 aromatic carbocycles. The van der Waals surface area contributed by atoms with Crippen molar-refractivity contribution in [1.82, 2.24) is 0 Å². The molecule has 0 saturated carbocycles. The summed E-state index contributed by atoms with van der Waals surface area (Å²) in [5, 5.41) is 14.4. The van der Waals surface area contributed by atoms with Crippen molar-refractivity contribution in [1.29, 1.82) is 0 Å². The minimum Gasteiger partial charge on any atom is -0.618 e. The van der Waals surface area contributed by atoms with Gasteiger partial charge in [0.15, 0.2) is 6.20 Å². The summed E-state index contributed by atoms with van der Waals surface area (Å²) < 4.78 is 19.6. The summed E-state index contributed by atoms with van der Waals surface area (Å²) in [5.74, 6) is -3.16. The lowest BCUT2D eigenvalue weighted by Crippen LogP contribution is -2.57. The highest BCUT2D eigenvalue weighted by Gasteiger charge is 2.51. The van der Waals surface area contributed by atoms with Crippen LogP contribution in [0.5, 0.6) is 0 Å². The first-order valence-electron chi connectivity index (χ1n) is 7.36. The SMILES string of the molecule is CCOC(=O)C(Nc1ccc[n+]([O-])c1C(=O)OC)(OC)C(=O)OCC. The summed E-state index contributed by atoms with van der Waals surface area (Å²) in [4.78, 5) is 36.5. The second-order valence-corrected chi connectivity index (χ2v) is 4.54. The zero-order valence-electron chi connectivity index (χ0n) is 14.4. The predicted octanol–water partition coefficient (Wildman–Crippen LogP) is -0.0126. The number of hydrogen-bond donors (Lipinski definition) is 1. The molecule has 0 bridgehead atoms. The van der Waals surface area contributed by atoms with E-state index in [9.17, 15) is 19.6 Å². The predicted molar refractivity (Wildman–Crippen MR) is 83.4 cm³/mol. The van der Waals surface area contributed by atoms with E-state index in [1.165, 1.54) is 26.0 Å². The Labute approximate surface area is 144 Å². The summed E-state index contributed by atoms with van der Waals surface area (Å²) in [6, 6.07) is 2.60. The largest absolute Gasteiger partial charge is 0.618 e. The van der Waals surface area contributed by atoms with Gasteiger partial charge >= 0.3 is 29.3 Å². The van der Waals surface area contributed by atoms with Gasteiger partial charge in [0.1, 0.15) is 5.69 Å². The van der Waals surface area contributed by atoms with Crippen LogP contribution in [0.3, 0.4) is 0 Å². The molecule has 10 heteroatoms. The molecule has 0 aliphatic rings. The number of carbonyl (C=O) groups excluding carboxylic acids is 3. The molecular formula is C15H20N2O8. The van der Waals surface area contributed by atoms with E-state index < -0.39 is 29.3 Å². The Kier molecular flexibility index (Phi) is 7.12. The summed E-state index contributed by atoms with van der Waals surface area (Å²) >= 11 is 0. The standard InChI is InChI=1S/C15H20N2O8/c1-5-24-13(19)15(23-4,14(20)25-6-2)16-10-8-7-9-17(21)11(10)12(18)22-3/h7-9,16H,5-6H2,1-4H3. The van der Waals surface area contributed by atoms with Crippen molar-refractivity contribution >= 4 is 23.6 Å². The van der Waals surface area contributed by atoms with Crippen molar-refractivity contribution in [3.63, 3.8) is 0 Å². The Balaban J connectivity index is 3.45. The maximum atomic E-state index is 12.3. The highest BCUT2D eigenvalue weighted by molar-refractivity contribution is 6.07. The van der Waals surface area contributed by atoms with E-state index in [0.717, 1.165) is 20.4 Å². The smallest absolute Gasteiger partial charge is 0.407 e. The third-order valence-corrected chi connectivity index (χ3v) is 3.08. The first-order valence-corrected chi connectivity index (χ1v) is 7.36. The number of nitrogens with one attached hydrogen (secondary N) is 1. The average Bonchev–Trinajstić information content (AvgIpc) is 2.59. The van der Waals surface area contributed by atoms with Gasteiger partial charge in [0.05, 0.1) is 20.3 Å². The Hall–Kier alpha value is -2.88. The zero-order valence-corrected chi connectivity index (χ0v) is 14.4. The highest BCUT2D eigenvalue weighted by atomic mass is 16.6. The van der Waals surface area contributed by atoms with Gasteiger partial charge in [0, 0.05) is 13.2 Å². The monoisotopic (exact) mass is 356 g/mol. The fourth-order valence-corrected chi connectivity index (χ4v) is 1.95. The van der Waals surface area contributed by atoms with E-state index >= 15 is 0 Å². The van der Waals surface area contributed by atoms with Crippen LogP contribution >= 0.6 is 0 Å². The van der Waals surface area contributed by atoms with Crippen molar-refractivity contribution < 1.29 is 38.1 Å². The Morgan fingerprint density at radius 3 is 2.16 bits per heavy atom. The van der Waals surface area contributed by atoms with Crippen LogP contribution in [0.4, 0.5) is 5.69 Å². The number of esters is 3. The average molecular weight is 356 g/mol. The third kappa shape index (κ3) is 4.15. The van der Waals surface area contributed by atoms with Gasteiger partial charge in [0.25, 0.3) is 0 Å². The van der Waals surface area contributed by atoms with Crippen LogP contribution < -0.4 is 10.0 Å². The van der Waals surface area contributed by atoms with Crippen LogP contribution in [-0.4, -0.2) is 51.1 Å². The molecule has 0 spiro atoms. The highest BCUT2D eigenvalue weighted by Crippen LogP contribution is 2.22. The van der Waals surface area contributed by atoms with Crippen LogP contribution in [-0.2, 0) is 28.5 Å². The number of aromatic nitrogens is 1. The molecular weight excluding hydrogens is 336 g/mol. The molecule has 0 aliphatic carbocycles. The van der Waals surface area contributed by atoms with Crippen LogP contribution in [0, 0.1) is 5.21 Å². The van der Waals surface area contributed by atoms with Gasteiger partial charge in [-0.25, -0.2) is 14.4 Å². The molecule has 138 valence electrons. The van der Waals surface area contributed by atoms with Gasteiger partial charge in [-0.05, 0) is 19.9 Å². The normalized spacial score (nSPS) is 10.7. The van der Waals surface area contributed by atoms with E-state index in [4.69, 9.17) is 14.2 Å². The minimum absolute atomic E-state index is 0.0365. The zero-order chi connectivity index (χ0) is 19.0. The molecule has 1 N–H and O–H groups in total. The Morgan fingerprint density at radius 2 is 1.72 bits per heavy atom. The molecule has 25 heavy (non-hydrogen) atoms. The van der Waals surface area contributed by atoms with Crippen LogP contribution in [0.1, 0.15) is 24.3 Å². The van der Waals surface area contributed by atoms with E-state index in [1.807, 2.05) is 0 Å². The number of anilines is 1. The van der Waals surface area contributed by atoms with Crippen molar-refractivity contribution in [2.24, 2.45) is 0 Å². The maximum Gasteiger partial charge on any atom is 0.407 e. The number of pyridine rings is 1. The number of carbonyl (C=O) groups is 3. The number of rotatable bonds is 8. The van der Waals surface area contributed by atoms with E-state index in [-0.39, 0.29) is 23.6 Å². The summed E-state index contributed by atoms with van der Waals surface area (Å²) in [6.07, 6.45) is 1.06. The third-order valence-electron chi connectivity index (χ3n) is 3.08. The fourth-order valence-electron chi connectivity index (χ4n) is 1.95. The second kappa shape index (κ2) is 8.83. The molecule has 1 heterocycles. The molecule has 0 amide bonds. The Morgan fingerprint density at radius 1 is 1.16 bits per heavy atom. The van der Waals surface area contributed by atoms with Crippen molar-refractivity contribution in [2.45, 2.75) is 19.6 Å². The molecule has 1 aromatic rings. The van der Waals surface area contributed by atoms with Gasteiger partial charge in [-0.2, -0.15) is 4.73 Å². The first kappa shape index (κ1) is 20.2. The van der Waals surface area contributed by atoms with Crippen molar-refractivity contribution in [3.05, 3.63) is 29.2 Å². The maximum absolute atomic E-state index is 12.3.